The van der Waals surface area contributed by atoms with Crippen LogP contribution in [0.3, 0.4) is 0 Å². The van der Waals surface area contributed by atoms with Crippen molar-refractivity contribution in [3.05, 3.63) is 9.84 Å². The molecule has 112 valence electrons. The molecular formula is C12H15IO7. The molecule has 1 heterocycles. The smallest absolute Gasteiger partial charge is 0.303 e. The lowest BCUT2D eigenvalue weighted by Gasteiger charge is -2.34. The van der Waals surface area contributed by atoms with Gasteiger partial charge < -0.3 is 18.9 Å². The Labute approximate surface area is 129 Å². The van der Waals surface area contributed by atoms with Gasteiger partial charge in [-0.25, -0.2) is 0 Å². The Kier molecular flexibility index (Phi) is 6.24. The van der Waals surface area contributed by atoms with Gasteiger partial charge in [-0.2, -0.15) is 0 Å². The van der Waals surface area contributed by atoms with Gasteiger partial charge >= 0.3 is 17.9 Å². The van der Waals surface area contributed by atoms with Crippen LogP contribution in [0.4, 0.5) is 0 Å². The van der Waals surface area contributed by atoms with E-state index in [1.165, 1.54) is 27.0 Å². The maximum Gasteiger partial charge on any atom is 0.303 e. The van der Waals surface area contributed by atoms with Crippen LogP contribution >= 0.6 is 22.6 Å². The van der Waals surface area contributed by atoms with E-state index in [-0.39, 0.29) is 6.61 Å². The summed E-state index contributed by atoms with van der Waals surface area (Å²) < 4.78 is 21.1. The van der Waals surface area contributed by atoms with Crippen molar-refractivity contribution in [3.8, 4) is 0 Å². The molecule has 0 saturated carbocycles. The van der Waals surface area contributed by atoms with Crippen LogP contribution < -0.4 is 0 Å². The van der Waals surface area contributed by atoms with Crippen molar-refractivity contribution in [1.82, 2.24) is 0 Å². The van der Waals surface area contributed by atoms with E-state index in [0.29, 0.717) is 3.58 Å². The number of halogens is 1. The predicted molar refractivity (Wildman–Crippen MR) is 74.7 cm³/mol. The van der Waals surface area contributed by atoms with Crippen molar-refractivity contribution in [1.29, 1.82) is 0 Å². The quantitative estimate of drug-likeness (QED) is 0.398. The zero-order valence-corrected chi connectivity index (χ0v) is 13.4. The van der Waals surface area contributed by atoms with Crippen LogP contribution in [0.5, 0.6) is 0 Å². The van der Waals surface area contributed by atoms with Crippen LogP contribution in [0.25, 0.3) is 0 Å². The fourth-order valence-electron chi connectivity index (χ4n) is 1.61. The minimum Gasteiger partial charge on any atom is -0.489 e. The highest BCUT2D eigenvalue weighted by atomic mass is 127. The highest BCUT2D eigenvalue weighted by Crippen LogP contribution is 2.29. The molecule has 0 spiro atoms. The Balaban J connectivity index is 2.90. The molecule has 8 heteroatoms. The average molecular weight is 398 g/mol. The van der Waals surface area contributed by atoms with Crippen LogP contribution in [0.2, 0.25) is 0 Å². The van der Waals surface area contributed by atoms with Gasteiger partial charge in [-0.15, -0.1) is 0 Å². The van der Waals surface area contributed by atoms with E-state index in [1.807, 2.05) is 22.6 Å². The zero-order chi connectivity index (χ0) is 15.3. The predicted octanol–water partition coefficient (Wildman–Crippen LogP) is 1.09. The van der Waals surface area contributed by atoms with E-state index < -0.39 is 36.2 Å². The Morgan fingerprint density at radius 2 is 1.75 bits per heavy atom. The third kappa shape index (κ3) is 4.99. The summed E-state index contributed by atoms with van der Waals surface area (Å²) in [6.07, 6.45) is -0.980. The molecule has 0 fully saturated rings. The maximum atomic E-state index is 11.2. The van der Waals surface area contributed by atoms with Gasteiger partial charge in [0.25, 0.3) is 0 Å². The Hall–Kier alpha value is -1.32. The first kappa shape index (κ1) is 16.7. The largest absolute Gasteiger partial charge is 0.489 e. The number of hydrogen-bond acceptors (Lipinski definition) is 7. The SMILES string of the molecule is CC(=O)OC[C@H]1OC=C(I)[C@@H](OC(C)=O)[C@H]1OC(C)=O. The Bertz CT molecular complexity index is 432. The van der Waals surface area contributed by atoms with Gasteiger partial charge in [-0.3, -0.25) is 14.4 Å². The molecule has 7 nitrogen and oxygen atoms in total. The summed E-state index contributed by atoms with van der Waals surface area (Å²) in [5, 5.41) is 0. The minimum absolute atomic E-state index is 0.106. The second-order valence-corrected chi connectivity index (χ2v) is 5.33. The Morgan fingerprint density at radius 1 is 1.15 bits per heavy atom. The molecule has 0 aromatic carbocycles. The van der Waals surface area contributed by atoms with Crippen molar-refractivity contribution in [2.24, 2.45) is 0 Å². The van der Waals surface area contributed by atoms with E-state index in [0.717, 1.165) is 0 Å². The molecule has 3 atom stereocenters. The monoisotopic (exact) mass is 398 g/mol. The van der Waals surface area contributed by atoms with Crippen LogP contribution in [0.1, 0.15) is 20.8 Å². The van der Waals surface area contributed by atoms with Gasteiger partial charge in [0.2, 0.25) is 0 Å². The molecule has 0 unspecified atom stereocenters. The van der Waals surface area contributed by atoms with Crippen LogP contribution in [0.15, 0.2) is 9.84 Å². The van der Waals surface area contributed by atoms with Crippen LogP contribution in [-0.4, -0.2) is 42.8 Å². The fourth-order valence-corrected chi connectivity index (χ4v) is 2.24. The third-order valence-electron chi connectivity index (χ3n) is 2.34. The van der Waals surface area contributed by atoms with Gasteiger partial charge in [0.15, 0.2) is 18.3 Å². The average Bonchev–Trinajstić information content (AvgIpc) is 2.31. The van der Waals surface area contributed by atoms with Crippen LogP contribution in [-0.2, 0) is 33.3 Å². The molecule has 0 aliphatic carbocycles. The van der Waals surface area contributed by atoms with Crippen molar-refractivity contribution in [2.45, 2.75) is 39.1 Å². The first-order chi connectivity index (χ1) is 9.31. The zero-order valence-electron chi connectivity index (χ0n) is 11.3. The second kappa shape index (κ2) is 7.46. The molecule has 0 saturated heterocycles. The highest BCUT2D eigenvalue weighted by Gasteiger charge is 2.41. The van der Waals surface area contributed by atoms with Gasteiger partial charge in [0.05, 0.1) is 9.84 Å². The van der Waals surface area contributed by atoms with E-state index >= 15 is 0 Å². The minimum atomic E-state index is -0.868. The number of rotatable bonds is 4. The number of carbonyl (C=O) groups excluding carboxylic acids is 3. The topological polar surface area (TPSA) is 88.1 Å². The van der Waals surface area contributed by atoms with E-state index in [4.69, 9.17) is 18.9 Å². The first-order valence-corrected chi connectivity index (χ1v) is 6.88. The van der Waals surface area contributed by atoms with E-state index in [1.54, 1.807) is 0 Å². The lowest BCUT2D eigenvalue weighted by atomic mass is 10.1. The fraction of sp³-hybridized carbons (Fsp3) is 0.583. The van der Waals surface area contributed by atoms with Crippen LogP contribution in [0, 0.1) is 0 Å². The number of carbonyl (C=O) groups is 3. The molecule has 1 aliphatic rings. The summed E-state index contributed by atoms with van der Waals surface area (Å²) in [6, 6.07) is 0. The molecule has 0 radical (unpaired) electrons. The van der Waals surface area contributed by atoms with Gasteiger partial charge in [-0.1, -0.05) is 0 Å². The number of ether oxygens (including phenoxy) is 4. The standard InChI is InChI=1S/C12H15IO7/c1-6(14)17-5-10-12(20-8(3)16)11(19-7(2)15)9(13)4-18-10/h4,10-12H,5H2,1-3H3/t10-,11-,12+/m1/s1. The summed E-state index contributed by atoms with van der Waals surface area (Å²) >= 11 is 1.93. The molecule has 20 heavy (non-hydrogen) atoms. The normalized spacial score (nSPS) is 25.0. The first-order valence-electron chi connectivity index (χ1n) is 5.80. The summed E-state index contributed by atoms with van der Waals surface area (Å²) in [6.45, 7) is 3.64. The van der Waals surface area contributed by atoms with Crippen molar-refractivity contribution < 1.29 is 33.3 Å². The maximum absolute atomic E-state index is 11.2. The van der Waals surface area contributed by atoms with E-state index in [2.05, 4.69) is 0 Å². The molecule has 0 N–H and O–H groups in total. The summed E-state index contributed by atoms with van der Waals surface area (Å²) in [5.74, 6) is -1.54. The molecule has 1 rings (SSSR count). The molecule has 0 bridgehead atoms. The van der Waals surface area contributed by atoms with Gasteiger partial charge in [0.1, 0.15) is 6.61 Å². The molecule has 0 aromatic rings. The molecule has 0 amide bonds. The summed E-state index contributed by atoms with van der Waals surface area (Å²) in [4.78, 5) is 33.2. The van der Waals surface area contributed by atoms with E-state index in [9.17, 15) is 14.4 Å². The van der Waals surface area contributed by atoms with Crippen molar-refractivity contribution in [2.75, 3.05) is 6.61 Å². The van der Waals surface area contributed by atoms with Gasteiger partial charge in [-0.05, 0) is 22.6 Å². The molecular weight excluding hydrogens is 383 g/mol. The molecule has 0 aromatic heterocycles. The number of esters is 3. The highest BCUT2D eigenvalue weighted by molar-refractivity contribution is 14.1. The number of hydrogen-bond donors (Lipinski definition) is 0. The third-order valence-corrected chi connectivity index (χ3v) is 3.21. The summed E-state index contributed by atoms with van der Waals surface area (Å²) in [5.41, 5.74) is 0. The summed E-state index contributed by atoms with van der Waals surface area (Å²) in [7, 11) is 0. The Morgan fingerprint density at radius 3 is 2.25 bits per heavy atom. The lowest BCUT2D eigenvalue weighted by molar-refractivity contribution is -0.179. The van der Waals surface area contributed by atoms with Crippen molar-refractivity contribution in [3.63, 3.8) is 0 Å². The lowest BCUT2D eigenvalue weighted by Crippen LogP contribution is -2.48. The molecule has 1 aliphatic heterocycles. The van der Waals surface area contributed by atoms with Gasteiger partial charge in [0, 0.05) is 20.8 Å². The second-order valence-electron chi connectivity index (χ2n) is 4.08. The van der Waals surface area contributed by atoms with Crippen molar-refractivity contribution >= 4 is 40.5 Å².